The lowest BCUT2D eigenvalue weighted by molar-refractivity contribution is -0.137. The molecule has 0 bridgehead atoms. The van der Waals surface area contributed by atoms with E-state index in [-0.39, 0.29) is 29.7 Å². The average Bonchev–Trinajstić information content (AvgIpc) is 3.20. The Bertz CT molecular complexity index is 897. The van der Waals surface area contributed by atoms with Gasteiger partial charge in [-0.25, -0.2) is 4.52 Å². The van der Waals surface area contributed by atoms with Crippen molar-refractivity contribution in [2.45, 2.75) is 39.7 Å². The van der Waals surface area contributed by atoms with Gasteiger partial charge in [-0.15, -0.1) is 0 Å². The summed E-state index contributed by atoms with van der Waals surface area (Å²) >= 11 is 0. The highest BCUT2D eigenvalue weighted by Crippen LogP contribution is 2.20. The third-order valence-corrected chi connectivity index (χ3v) is 5.73. The highest BCUT2D eigenvalue weighted by atomic mass is 16.2. The molecule has 9 nitrogen and oxygen atoms in total. The first-order valence-corrected chi connectivity index (χ1v) is 10.2. The molecule has 0 unspecified atom stereocenters. The second kappa shape index (κ2) is 8.67. The van der Waals surface area contributed by atoms with Gasteiger partial charge in [-0.05, 0) is 26.7 Å². The standard InChI is InChI=1S/C20H30N6O3/c1-5-24(6-2)20(29)15-7-8-16(13-25(12-15)14(3)27)22-18(28)17-11-21-26-10-9-23(4)19(17)26/h9-11,15-16H,5-8,12-13H2,1-4H3,(H,22,28)/t15-,16+/m1/s1. The van der Waals surface area contributed by atoms with Gasteiger partial charge in [0.2, 0.25) is 11.8 Å². The zero-order valence-electron chi connectivity index (χ0n) is 17.6. The van der Waals surface area contributed by atoms with E-state index in [2.05, 4.69) is 10.4 Å². The van der Waals surface area contributed by atoms with Gasteiger partial charge in [-0.2, -0.15) is 5.10 Å². The molecule has 1 N–H and O–H groups in total. The predicted molar refractivity (Wildman–Crippen MR) is 108 cm³/mol. The van der Waals surface area contributed by atoms with Crippen molar-refractivity contribution in [3.8, 4) is 0 Å². The van der Waals surface area contributed by atoms with Crippen LogP contribution >= 0.6 is 0 Å². The second-order valence-corrected chi connectivity index (χ2v) is 7.61. The van der Waals surface area contributed by atoms with Crippen LogP contribution in [0.5, 0.6) is 0 Å². The molecule has 1 saturated heterocycles. The largest absolute Gasteiger partial charge is 0.347 e. The molecule has 3 rings (SSSR count). The normalized spacial score (nSPS) is 19.8. The minimum Gasteiger partial charge on any atom is -0.347 e. The van der Waals surface area contributed by atoms with Gasteiger partial charge >= 0.3 is 0 Å². The van der Waals surface area contributed by atoms with Gasteiger partial charge in [0.15, 0.2) is 0 Å². The fraction of sp³-hybridized carbons (Fsp3) is 0.600. The number of aryl methyl sites for hydroxylation is 1. The highest BCUT2D eigenvalue weighted by molar-refractivity contribution is 6.00. The van der Waals surface area contributed by atoms with Crippen LogP contribution in [0.25, 0.3) is 5.65 Å². The average molecular weight is 402 g/mol. The summed E-state index contributed by atoms with van der Waals surface area (Å²) in [5.74, 6) is -0.463. The van der Waals surface area contributed by atoms with Gasteiger partial charge in [0, 0.05) is 58.6 Å². The van der Waals surface area contributed by atoms with Crippen LogP contribution in [0.1, 0.15) is 44.0 Å². The van der Waals surface area contributed by atoms with Gasteiger partial charge in [-0.3, -0.25) is 14.4 Å². The first-order valence-electron chi connectivity index (χ1n) is 10.2. The van der Waals surface area contributed by atoms with Crippen molar-refractivity contribution in [3.63, 3.8) is 0 Å². The number of carbonyl (C=O) groups is 3. The minimum atomic E-state index is -0.239. The van der Waals surface area contributed by atoms with E-state index in [0.717, 1.165) is 0 Å². The van der Waals surface area contributed by atoms with Crippen molar-refractivity contribution in [2.24, 2.45) is 13.0 Å². The Balaban J connectivity index is 1.74. The minimum absolute atomic E-state index is 0.0791. The zero-order valence-corrected chi connectivity index (χ0v) is 17.6. The van der Waals surface area contributed by atoms with E-state index in [4.69, 9.17) is 0 Å². The smallest absolute Gasteiger partial charge is 0.256 e. The van der Waals surface area contributed by atoms with E-state index >= 15 is 0 Å². The summed E-state index contributed by atoms with van der Waals surface area (Å²) < 4.78 is 3.50. The van der Waals surface area contributed by atoms with Crippen molar-refractivity contribution in [1.82, 2.24) is 29.3 Å². The number of nitrogens with one attached hydrogen (secondary N) is 1. The molecule has 158 valence electrons. The molecule has 29 heavy (non-hydrogen) atoms. The summed E-state index contributed by atoms with van der Waals surface area (Å²) in [6.07, 6.45) is 6.46. The van der Waals surface area contributed by atoms with E-state index in [1.165, 1.54) is 6.92 Å². The zero-order chi connectivity index (χ0) is 21.1. The topological polar surface area (TPSA) is 92.0 Å². The summed E-state index contributed by atoms with van der Waals surface area (Å²) in [5.41, 5.74) is 1.21. The van der Waals surface area contributed by atoms with Crippen molar-refractivity contribution in [2.75, 3.05) is 26.2 Å². The lowest BCUT2D eigenvalue weighted by Gasteiger charge is -2.28. The van der Waals surface area contributed by atoms with Gasteiger partial charge in [-0.1, -0.05) is 0 Å². The molecule has 9 heteroatoms. The number of carbonyl (C=O) groups excluding carboxylic acids is 3. The van der Waals surface area contributed by atoms with Crippen molar-refractivity contribution in [3.05, 3.63) is 24.2 Å². The number of likely N-dealkylation sites (tertiary alicyclic amines) is 1. The molecule has 0 aliphatic carbocycles. The Hall–Kier alpha value is -2.84. The number of rotatable bonds is 5. The molecule has 2 atom stereocenters. The fourth-order valence-electron chi connectivity index (χ4n) is 4.04. The van der Waals surface area contributed by atoms with Crippen LogP contribution in [0.4, 0.5) is 0 Å². The van der Waals surface area contributed by atoms with Crippen LogP contribution in [-0.2, 0) is 16.6 Å². The molecule has 1 fully saturated rings. The molecule has 0 radical (unpaired) electrons. The van der Waals surface area contributed by atoms with E-state index in [1.54, 1.807) is 26.7 Å². The van der Waals surface area contributed by atoms with E-state index in [0.29, 0.717) is 50.2 Å². The summed E-state index contributed by atoms with van der Waals surface area (Å²) in [7, 11) is 1.86. The van der Waals surface area contributed by atoms with Crippen LogP contribution in [0, 0.1) is 5.92 Å². The molecule has 2 aromatic heterocycles. The molecule has 3 heterocycles. The molecular weight excluding hydrogens is 372 g/mol. The summed E-state index contributed by atoms with van der Waals surface area (Å²) in [5, 5.41) is 7.26. The second-order valence-electron chi connectivity index (χ2n) is 7.61. The van der Waals surface area contributed by atoms with Crippen molar-refractivity contribution < 1.29 is 14.4 Å². The fourth-order valence-corrected chi connectivity index (χ4v) is 4.04. The van der Waals surface area contributed by atoms with Gasteiger partial charge in [0.1, 0.15) is 11.2 Å². The number of aromatic nitrogens is 3. The SMILES string of the molecule is CCN(CC)C(=O)[C@@H]1CC[C@H](NC(=O)c2cnn3ccn(C)c23)CN(C(C)=O)C1. The molecule has 3 amide bonds. The van der Waals surface area contributed by atoms with Crippen LogP contribution in [0.3, 0.4) is 0 Å². The number of fused-ring (bicyclic) bond motifs is 1. The third-order valence-electron chi connectivity index (χ3n) is 5.73. The monoisotopic (exact) mass is 402 g/mol. The molecule has 0 saturated carbocycles. The number of hydrogen-bond donors (Lipinski definition) is 1. The van der Waals surface area contributed by atoms with E-state index < -0.39 is 0 Å². The molecule has 1 aliphatic heterocycles. The number of amides is 3. The molecule has 1 aliphatic rings. The molecular formula is C20H30N6O3. The number of imidazole rings is 1. The van der Waals surface area contributed by atoms with Gasteiger partial charge in [0.25, 0.3) is 5.91 Å². The first-order chi connectivity index (χ1) is 13.8. The molecule has 0 spiro atoms. The Labute approximate surface area is 170 Å². The third kappa shape index (κ3) is 4.28. The van der Waals surface area contributed by atoms with Gasteiger partial charge < -0.3 is 19.7 Å². The van der Waals surface area contributed by atoms with E-state index in [1.807, 2.05) is 31.7 Å². The van der Waals surface area contributed by atoms with Crippen LogP contribution in [0.2, 0.25) is 0 Å². The summed E-state index contributed by atoms with van der Waals surface area (Å²) in [6, 6.07) is -0.212. The Morgan fingerprint density at radius 3 is 2.55 bits per heavy atom. The summed E-state index contributed by atoms with van der Waals surface area (Å²) in [6.45, 7) is 7.53. The summed E-state index contributed by atoms with van der Waals surface area (Å²) in [4.78, 5) is 41.4. The van der Waals surface area contributed by atoms with Crippen molar-refractivity contribution >= 4 is 23.4 Å². The Morgan fingerprint density at radius 2 is 1.90 bits per heavy atom. The Morgan fingerprint density at radius 1 is 1.17 bits per heavy atom. The molecule has 0 aromatic carbocycles. The van der Waals surface area contributed by atoms with Crippen molar-refractivity contribution in [1.29, 1.82) is 0 Å². The predicted octanol–water partition coefficient (Wildman–Crippen LogP) is 0.898. The first kappa shape index (κ1) is 20.9. The quantitative estimate of drug-likeness (QED) is 0.804. The maximum atomic E-state index is 12.9. The van der Waals surface area contributed by atoms with Crippen LogP contribution in [0.15, 0.2) is 18.6 Å². The lowest BCUT2D eigenvalue weighted by Crippen LogP contribution is -2.45. The highest BCUT2D eigenvalue weighted by Gasteiger charge is 2.32. The van der Waals surface area contributed by atoms with Gasteiger partial charge in [0.05, 0.1) is 12.1 Å². The number of hydrogen-bond acceptors (Lipinski definition) is 4. The van der Waals surface area contributed by atoms with E-state index in [9.17, 15) is 14.4 Å². The maximum absolute atomic E-state index is 12.9. The lowest BCUT2D eigenvalue weighted by atomic mass is 10.00. The molecule has 2 aromatic rings. The van der Waals surface area contributed by atoms with Crippen LogP contribution < -0.4 is 5.32 Å². The Kier molecular flexibility index (Phi) is 6.24. The maximum Gasteiger partial charge on any atom is 0.256 e. The van der Waals surface area contributed by atoms with Crippen LogP contribution in [-0.4, -0.2) is 73.9 Å². The number of nitrogens with zero attached hydrogens (tertiary/aromatic N) is 5.